The maximum Gasteiger partial charge on any atom is 0.240 e. The van der Waals surface area contributed by atoms with Crippen molar-refractivity contribution in [2.75, 3.05) is 0 Å². The summed E-state index contributed by atoms with van der Waals surface area (Å²) >= 11 is 0. The number of benzene rings is 1. The largest absolute Gasteiger partial charge is 0.346 e. The quantitative estimate of drug-likeness (QED) is 0.462. The minimum atomic E-state index is -3.65. The molecule has 0 atom stereocenters. The van der Waals surface area contributed by atoms with Crippen LogP contribution in [-0.2, 0) is 16.6 Å². The summed E-state index contributed by atoms with van der Waals surface area (Å²) in [5.41, 5.74) is 2.52. The van der Waals surface area contributed by atoms with Crippen molar-refractivity contribution in [1.29, 1.82) is 5.26 Å². The van der Waals surface area contributed by atoms with Crippen molar-refractivity contribution in [3.05, 3.63) is 54.6 Å². The fourth-order valence-corrected chi connectivity index (χ4v) is 5.74. The third-order valence-corrected chi connectivity index (χ3v) is 7.76. The number of aromatic amines is 1. The van der Waals surface area contributed by atoms with Crippen molar-refractivity contribution >= 4 is 32.1 Å². The molecule has 1 fully saturated rings. The fraction of sp³-hybridized carbons (Fsp3) is 0.348. The van der Waals surface area contributed by atoms with E-state index < -0.39 is 10.0 Å². The number of pyridine rings is 1. The van der Waals surface area contributed by atoms with Gasteiger partial charge in [0.05, 0.1) is 29.2 Å². The van der Waals surface area contributed by atoms with Gasteiger partial charge in [0.25, 0.3) is 0 Å². The van der Waals surface area contributed by atoms with Crippen LogP contribution in [0.1, 0.15) is 44.0 Å². The van der Waals surface area contributed by atoms with Crippen molar-refractivity contribution in [2.45, 2.75) is 49.6 Å². The summed E-state index contributed by atoms with van der Waals surface area (Å²) in [6.07, 6.45) is 8.02. The third-order valence-electron chi connectivity index (χ3n) is 6.34. The van der Waals surface area contributed by atoms with E-state index in [0.717, 1.165) is 47.8 Å². The summed E-state index contributed by atoms with van der Waals surface area (Å²) in [6.45, 7) is 0.0932. The number of sulfonamides is 1. The average molecular weight is 449 g/mol. The molecule has 9 heteroatoms. The second-order valence-corrected chi connectivity index (χ2v) is 10.1. The van der Waals surface area contributed by atoms with Crippen LogP contribution in [0.25, 0.3) is 22.1 Å². The van der Waals surface area contributed by atoms with E-state index in [0.29, 0.717) is 18.2 Å². The van der Waals surface area contributed by atoms with Gasteiger partial charge in [0.1, 0.15) is 17.0 Å². The molecular weight excluding hydrogens is 424 g/mol. The third kappa shape index (κ3) is 3.76. The lowest BCUT2D eigenvalue weighted by molar-refractivity contribution is 0.277. The Balaban J connectivity index is 1.52. The molecule has 0 aliphatic heterocycles. The molecule has 0 saturated heterocycles. The van der Waals surface area contributed by atoms with Crippen LogP contribution in [0.15, 0.2) is 53.7 Å². The van der Waals surface area contributed by atoms with Crippen molar-refractivity contribution in [2.24, 2.45) is 5.92 Å². The predicted molar refractivity (Wildman–Crippen MR) is 121 cm³/mol. The van der Waals surface area contributed by atoms with E-state index in [1.165, 1.54) is 0 Å². The summed E-state index contributed by atoms with van der Waals surface area (Å²) in [5.74, 6) is 1.11. The number of H-pyrrole nitrogens is 1. The molecule has 4 aromatic rings. The SMILES string of the molecule is N#CCC1CCC(n2c(CNS(=O)(=O)c3ccccc3)nc3cnc4[nH]ccc4c32)CC1. The number of nitrogens with one attached hydrogen (secondary N) is 2. The minimum Gasteiger partial charge on any atom is -0.346 e. The number of imidazole rings is 1. The maximum absolute atomic E-state index is 12.8. The van der Waals surface area contributed by atoms with E-state index in [2.05, 4.69) is 25.3 Å². The topological polar surface area (TPSA) is 116 Å². The standard InChI is InChI=1S/C23H24N6O2S/c24-12-10-16-6-8-17(9-7-16)29-21(15-27-32(30,31)18-4-2-1-3-5-18)28-20-14-26-23-19(22(20)29)11-13-25-23/h1-5,11,13-14,16-17,27H,6-10,15H2,(H,25,26). The Bertz CT molecular complexity index is 1390. The fourth-order valence-electron chi connectivity index (χ4n) is 4.74. The highest BCUT2D eigenvalue weighted by molar-refractivity contribution is 7.89. The van der Waals surface area contributed by atoms with Gasteiger partial charge in [-0.1, -0.05) is 18.2 Å². The monoisotopic (exact) mass is 448 g/mol. The van der Waals surface area contributed by atoms with Gasteiger partial charge in [0, 0.05) is 24.0 Å². The van der Waals surface area contributed by atoms with E-state index >= 15 is 0 Å². The van der Waals surface area contributed by atoms with Gasteiger partial charge in [0.2, 0.25) is 10.0 Å². The van der Waals surface area contributed by atoms with E-state index in [1.54, 1.807) is 36.5 Å². The Morgan fingerprint density at radius 3 is 2.69 bits per heavy atom. The molecule has 2 N–H and O–H groups in total. The molecule has 3 aromatic heterocycles. The van der Waals surface area contributed by atoms with Gasteiger partial charge in [0.15, 0.2) is 0 Å². The Hall–Kier alpha value is -3.22. The molecule has 0 bridgehead atoms. The van der Waals surface area contributed by atoms with E-state index in [4.69, 9.17) is 10.2 Å². The zero-order valence-electron chi connectivity index (χ0n) is 17.5. The molecule has 1 saturated carbocycles. The van der Waals surface area contributed by atoms with Gasteiger partial charge in [-0.15, -0.1) is 0 Å². The first-order valence-electron chi connectivity index (χ1n) is 10.8. The lowest BCUT2D eigenvalue weighted by Gasteiger charge is -2.30. The molecule has 5 rings (SSSR count). The molecule has 164 valence electrons. The van der Waals surface area contributed by atoms with Crippen LogP contribution in [0.2, 0.25) is 0 Å². The smallest absolute Gasteiger partial charge is 0.240 e. The summed E-state index contributed by atoms with van der Waals surface area (Å²) in [5, 5.41) is 10.0. The summed E-state index contributed by atoms with van der Waals surface area (Å²) in [4.78, 5) is 12.6. The number of aromatic nitrogens is 4. The minimum absolute atomic E-state index is 0.0932. The lowest BCUT2D eigenvalue weighted by Crippen LogP contribution is -2.27. The van der Waals surface area contributed by atoms with Crippen LogP contribution < -0.4 is 4.72 Å². The number of nitrogens with zero attached hydrogens (tertiary/aromatic N) is 4. The van der Waals surface area contributed by atoms with Crippen LogP contribution in [-0.4, -0.2) is 27.9 Å². The van der Waals surface area contributed by atoms with Gasteiger partial charge >= 0.3 is 0 Å². The van der Waals surface area contributed by atoms with Crippen molar-refractivity contribution in [3.63, 3.8) is 0 Å². The highest BCUT2D eigenvalue weighted by atomic mass is 32.2. The van der Waals surface area contributed by atoms with Crippen LogP contribution in [0.3, 0.4) is 0 Å². The van der Waals surface area contributed by atoms with Crippen LogP contribution in [0.5, 0.6) is 0 Å². The molecule has 32 heavy (non-hydrogen) atoms. The highest BCUT2D eigenvalue weighted by Gasteiger charge is 2.27. The molecule has 1 aliphatic carbocycles. The molecule has 3 heterocycles. The van der Waals surface area contributed by atoms with Gasteiger partial charge < -0.3 is 9.55 Å². The first kappa shape index (κ1) is 20.7. The summed E-state index contributed by atoms with van der Waals surface area (Å²) in [6, 6.07) is 12.8. The van der Waals surface area contributed by atoms with Crippen molar-refractivity contribution < 1.29 is 8.42 Å². The number of rotatable bonds is 6. The molecule has 0 amide bonds. The predicted octanol–water partition coefficient (Wildman–Crippen LogP) is 4.04. The Kier molecular flexibility index (Phi) is 5.41. The van der Waals surface area contributed by atoms with E-state index in [9.17, 15) is 8.42 Å². The normalized spacial score (nSPS) is 19.3. The number of fused-ring (bicyclic) bond motifs is 3. The lowest BCUT2D eigenvalue weighted by atomic mass is 9.84. The second kappa shape index (κ2) is 8.37. The Morgan fingerprint density at radius 2 is 1.94 bits per heavy atom. The summed E-state index contributed by atoms with van der Waals surface area (Å²) < 4.78 is 30.5. The van der Waals surface area contributed by atoms with E-state index in [-0.39, 0.29) is 17.5 Å². The van der Waals surface area contributed by atoms with Crippen LogP contribution >= 0.6 is 0 Å². The van der Waals surface area contributed by atoms with Gasteiger partial charge in [-0.25, -0.2) is 23.1 Å². The Morgan fingerprint density at radius 1 is 1.16 bits per heavy atom. The number of nitriles is 1. The first-order chi connectivity index (χ1) is 15.6. The molecule has 0 unspecified atom stereocenters. The molecule has 8 nitrogen and oxygen atoms in total. The van der Waals surface area contributed by atoms with Crippen LogP contribution in [0.4, 0.5) is 0 Å². The highest BCUT2D eigenvalue weighted by Crippen LogP contribution is 2.37. The average Bonchev–Trinajstić information content (AvgIpc) is 3.43. The maximum atomic E-state index is 12.8. The Labute approximate surface area is 186 Å². The number of hydrogen-bond acceptors (Lipinski definition) is 5. The molecule has 1 aromatic carbocycles. The number of hydrogen-bond donors (Lipinski definition) is 2. The van der Waals surface area contributed by atoms with Gasteiger partial charge in [-0.3, -0.25) is 0 Å². The first-order valence-corrected chi connectivity index (χ1v) is 12.3. The van der Waals surface area contributed by atoms with Crippen LogP contribution in [0, 0.1) is 17.2 Å². The zero-order chi connectivity index (χ0) is 22.1. The van der Waals surface area contributed by atoms with Gasteiger partial charge in [-0.05, 0) is 49.8 Å². The molecular formula is C23H24N6O2S. The molecule has 0 spiro atoms. The van der Waals surface area contributed by atoms with Crippen molar-refractivity contribution in [1.82, 2.24) is 24.2 Å². The summed E-state index contributed by atoms with van der Waals surface area (Å²) in [7, 11) is -3.65. The second-order valence-electron chi connectivity index (χ2n) is 8.30. The van der Waals surface area contributed by atoms with E-state index in [1.807, 2.05) is 12.3 Å². The van der Waals surface area contributed by atoms with Crippen molar-refractivity contribution in [3.8, 4) is 6.07 Å². The van der Waals surface area contributed by atoms with Gasteiger partial charge in [-0.2, -0.15) is 5.26 Å². The molecule has 1 aliphatic rings. The zero-order valence-corrected chi connectivity index (χ0v) is 18.3. The molecule has 0 radical (unpaired) electrons.